The quantitative estimate of drug-likeness (QED) is 0.341. The van der Waals surface area contributed by atoms with E-state index < -0.39 is 0 Å². The van der Waals surface area contributed by atoms with Gasteiger partial charge in [-0.05, 0) is 72.7 Å². The number of carbonyl (C=O) groups is 1. The molecule has 7 heteroatoms. The minimum Gasteiger partial charge on any atom is -0.493 e. The molecular weight excluding hydrogens is 408 g/mol. The van der Waals surface area contributed by atoms with Crippen molar-refractivity contribution in [1.82, 2.24) is 5.32 Å². The smallest absolute Gasteiger partial charge is 0.257 e. The van der Waals surface area contributed by atoms with Gasteiger partial charge >= 0.3 is 0 Å². The second-order valence-electron chi connectivity index (χ2n) is 7.22. The van der Waals surface area contributed by atoms with Crippen LogP contribution in [0, 0.1) is 5.92 Å². The van der Waals surface area contributed by atoms with Gasteiger partial charge in [0.05, 0.1) is 18.0 Å². The minimum absolute atomic E-state index is 0.206. The first-order valence-corrected chi connectivity index (χ1v) is 10.3. The number of benzene rings is 3. The monoisotopic (exact) mass is 432 g/mol. The molecule has 31 heavy (non-hydrogen) atoms. The maximum atomic E-state index is 12.5. The van der Waals surface area contributed by atoms with Crippen LogP contribution in [0.4, 0.5) is 17.1 Å². The van der Waals surface area contributed by atoms with Crippen LogP contribution < -0.4 is 15.4 Å². The summed E-state index contributed by atoms with van der Waals surface area (Å²) in [6.45, 7) is 4.73. The Kier molecular flexibility index (Phi) is 7.84. The number of thiocarbonyl (C=S) groups is 1. The molecule has 0 heterocycles. The number of azo groups is 1. The third-order valence-corrected chi connectivity index (χ3v) is 4.27. The summed E-state index contributed by atoms with van der Waals surface area (Å²) < 4.78 is 5.67. The molecule has 2 N–H and O–H groups in total. The fourth-order valence-corrected chi connectivity index (χ4v) is 2.76. The highest BCUT2D eigenvalue weighted by Crippen LogP contribution is 2.20. The maximum absolute atomic E-state index is 12.5. The zero-order valence-electron chi connectivity index (χ0n) is 17.4. The lowest BCUT2D eigenvalue weighted by atomic mass is 10.2. The Hall–Kier alpha value is -3.58. The molecule has 6 nitrogen and oxygen atoms in total. The molecule has 0 saturated carbocycles. The number of anilines is 1. The lowest BCUT2D eigenvalue weighted by Gasteiger charge is -2.11. The summed E-state index contributed by atoms with van der Waals surface area (Å²) in [6, 6.07) is 23.8. The molecule has 1 amide bonds. The van der Waals surface area contributed by atoms with Crippen LogP contribution >= 0.6 is 12.2 Å². The number of hydrogen-bond donors (Lipinski definition) is 2. The summed E-state index contributed by atoms with van der Waals surface area (Å²) >= 11 is 5.26. The van der Waals surface area contributed by atoms with Crippen LogP contribution in [0.25, 0.3) is 0 Å². The normalized spacial score (nSPS) is 10.8. The van der Waals surface area contributed by atoms with Gasteiger partial charge in [0.1, 0.15) is 5.75 Å². The van der Waals surface area contributed by atoms with E-state index in [-0.39, 0.29) is 11.0 Å². The van der Waals surface area contributed by atoms with Crippen molar-refractivity contribution in [2.45, 2.75) is 13.8 Å². The molecule has 0 atom stereocenters. The second-order valence-corrected chi connectivity index (χ2v) is 7.63. The fourth-order valence-electron chi connectivity index (χ4n) is 2.55. The van der Waals surface area contributed by atoms with Crippen molar-refractivity contribution in [1.29, 1.82) is 0 Å². The Bertz CT molecular complexity index is 1050. The van der Waals surface area contributed by atoms with Gasteiger partial charge in [-0.3, -0.25) is 10.1 Å². The van der Waals surface area contributed by atoms with Crippen LogP contribution in [0.15, 0.2) is 89.1 Å². The predicted octanol–water partition coefficient (Wildman–Crippen LogP) is 6.26. The number of rotatable bonds is 7. The summed E-state index contributed by atoms with van der Waals surface area (Å²) in [4.78, 5) is 12.5. The van der Waals surface area contributed by atoms with Crippen LogP contribution in [0.1, 0.15) is 24.2 Å². The number of carbonyl (C=O) groups excluding carboxylic acids is 1. The van der Waals surface area contributed by atoms with Crippen molar-refractivity contribution in [3.05, 3.63) is 84.4 Å². The van der Waals surface area contributed by atoms with E-state index in [1.54, 1.807) is 18.2 Å². The van der Waals surface area contributed by atoms with Crippen molar-refractivity contribution in [2.24, 2.45) is 16.1 Å². The number of ether oxygens (including phenoxy) is 1. The van der Waals surface area contributed by atoms with Gasteiger partial charge in [0.25, 0.3) is 5.91 Å². The van der Waals surface area contributed by atoms with Crippen LogP contribution in [-0.4, -0.2) is 17.6 Å². The molecule has 0 radical (unpaired) electrons. The first-order valence-electron chi connectivity index (χ1n) is 9.91. The largest absolute Gasteiger partial charge is 0.493 e. The highest BCUT2D eigenvalue weighted by atomic mass is 32.1. The van der Waals surface area contributed by atoms with Crippen molar-refractivity contribution < 1.29 is 9.53 Å². The van der Waals surface area contributed by atoms with Gasteiger partial charge in [0.2, 0.25) is 0 Å². The lowest BCUT2D eigenvalue weighted by Crippen LogP contribution is -2.34. The van der Waals surface area contributed by atoms with E-state index in [2.05, 4.69) is 34.7 Å². The molecule has 0 bridgehead atoms. The van der Waals surface area contributed by atoms with Gasteiger partial charge in [-0.15, -0.1) is 0 Å². The average molecular weight is 433 g/mol. The highest BCUT2D eigenvalue weighted by molar-refractivity contribution is 7.80. The first-order chi connectivity index (χ1) is 15.0. The molecule has 0 fully saturated rings. The topological polar surface area (TPSA) is 75.1 Å². The Morgan fingerprint density at radius 1 is 0.935 bits per heavy atom. The lowest BCUT2D eigenvalue weighted by molar-refractivity contribution is 0.0977. The van der Waals surface area contributed by atoms with E-state index >= 15 is 0 Å². The van der Waals surface area contributed by atoms with Gasteiger partial charge in [-0.1, -0.05) is 38.1 Å². The maximum Gasteiger partial charge on any atom is 0.257 e. The van der Waals surface area contributed by atoms with Crippen LogP contribution in [-0.2, 0) is 0 Å². The third kappa shape index (κ3) is 7.31. The van der Waals surface area contributed by atoms with Crippen molar-refractivity contribution in [2.75, 3.05) is 11.9 Å². The highest BCUT2D eigenvalue weighted by Gasteiger charge is 2.09. The molecule has 0 aromatic heterocycles. The summed E-state index contributed by atoms with van der Waals surface area (Å²) in [5, 5.41) is 14.3. The van der Waals surface area contributed by atoms with Gasteiger partial charge in [0.15, 0.2) is 5.11 Å². The van der Waals surface area contributed by atoms with E-state index in [0.29, 0.717) is 29.5 Å². The van der Waals surface area contributed by atoms with E-state index in [0.717, 1.165) is 11.4 Å². The van der Waals surface area contributed by atoms with Crippen molar-refractivity contribution in [3.8, 4) is 5.75 Å². The SMILES string of the molecule is CC(C)COc1cccc(C(=O)NC(=S)Nc2ccc(N=Nc3ccccc3)cc2)c1. The molecule has 3 aromatic rings. The molecule has 158 valence electrons. The Morgan fingerprint density at radius 3 is 2.29 bits per heavy atom. The zero-order chi connectivity index (χ0) is 22.1. The molecule has 0 saturated heterocycles. The number of nitrogens with one attached hydrogen (secondary N) is 2. The van der Waals surface area contributed by atoms with Crippen LogP contribution in [0.2, 0.25) is 0 Å². The van der Waals surface area contributed by atoms with E-state index in [1.165, 1.54) is 0 Å². The predicted molar refractivity (Wildman–Crippen MR) is 128 cm³/mol. The molecule has 0 aliphatic carbocycles. The molecule has 0 unspecified atom stereocenters. The molecule has 3 aromatic carbocycles. The molecule has 0 aliphatic heterocycles. The first kappa shape index (κ1) is 22.1. The fraction of sp³-hybridized carbons (Fsp3) is 0.167. The van der Waals surface area contributed by atoms with Gasteiger partial charge in [-0.25, -0.2) is 0 Å². The van der Waals surface area contributed by atoms with Gasteiger partial charge < -0.3 is 10.1 Å². The van der Waals surface area contributed by atoms with Gasteiger partial charge in [0, 0.05) is 11.3 Å². The summed E-state index contributed by atoms with van der Waals surface area (Å²) in [5.41, 5.74) is 2.70. The Balaban J connectivity index is 1.54. The summed E-state index contributed by atoms with van der Waals surface area (Å²) in [7, 11) is 0. The minimum atomic E-state index is -0.305. The molecule has 0 spiro atoms. The van der Waals surface area contributed by atoms with E-state index in [1.807, 2.05) is 60.7 Å². The van der Waals surface area contributed by atoms with E-state index in [9.17, 15) is 4.79 Å². The molecule has 3 rings (SSSR count). The number of nitrogens with zero attached hydrogens (tertiary/aromatic N) is 2. The average Bonchev–Trinajstić information content (AvgIpc) is 2.78. The van der Waals surface area contributed by atoms with Crippen LogP contribution in [0.5, 0.6) is 5.75 Å². The summed E-state index contributed by atoms with van der Waals surface area (Å²) in [5.74, 6) is 0.752. The molecular formula is C24H24N4O2S. The Labute approximate surface area is 187 Å². The zero-order valence-corrected chi connectivity index (χ0v) is 18.2. The van der Waals surface area contributed by atoms with Crippen molar-refractivity contribution >= 4 is 40.3 Å². The number of amides is 1. The van der Waals surface area contributed by atoms with E-state index in [4.69, 9.17) is 17.0 Å². The Morgan fingerprint density at radius 2 is 1.61 bits per heavy atom. The summed E-state index contributed by atoms with van der Waals surface area (Å²) in [6.07, 6.45) is 0. The molecule has 0 aliphatic rings. The van der Waals surface area contributed by atoms with Crippen molar-refractivity contribution in [3.63, 3.8) is 0 Å². The van der Waals surface area contributed by atoms with Gasteiger partial charge in [-0.2, -0.15) is 10.2 Å². The van der Waals surface area contributed by atoms with Crippen LogP contribution in [0.3, 0.4) is 0 Å². The number of hydrogen-bond acceptors (Lipinski definition) is 5. The standard InChI is InChI=1S/C24H24N4O2S/c1-17(2)16-30-22-10-6-7-18(15-22)23(29)26-24(31)25-19-11-13-21(14-12-19)28-27-20-8-4-3-5-9-20/h3-15,17H,16H2,1-2H3,(H2,25,26,29,31). The third-order valence-electron chi connectivity index (χ3n) is 4.07. The second kappa shape index (κ2) is 11.0.